The smallest absolute Gasteiger partial charge is 0.230 e. The van der Waals surface area contributed by atoms with E-state index >= 15 is 0 Å². The lowest BCUT2D eigenvalue weighted by Crippen LogP contribution is -2.42. The minimum atomic E-state index is -0.117. The Balaban J connectivity index is 1.82. The Hall–Kier alpha value is -2.07. The number of rotatable bonds is 5. The number of nitrogens with zero attached hydrogens (tertiary/aromatic N) is 1. The van der Waals surface area contributed by atoms with Crippen LogP contribution in [-0.4, -0.2) is 44.1 Å². The molecular weight excluding hydrogens is 300 g/mol. The van der Waals surface area contributed by atoms with Gasteiger partial charge < -0.3 is 15.0 Å². The van der Waals surface area contributed by atoms with Crippen LogP contribution in [0.25, 0.3) is 10.8 Å². The number of nitrogens with one attached hydrogen (secondary N) is 1. The first kappa shape index (κ1) is 16.8. The topological polar surface area (TPSA) is 41.6 Å². The van der Waals surface area contributed by atoms with E-state index in [1.54, 1.807) is 7.11 Å². The van der Waals surface area contributed by atoms with Gasteiger partial charge in [0, 0.05) is 19.1 Å². The minimum Gasteiger partial charge on any atom is -0.497 e. The van der Waals surface area contributed by atoms with E-state index in [9.17, 15) is 4.79 Å². The summed E-state index contributed by atoms with van der Waals surface area (Å²) in [5, 5.41) is 5.47. The van der Waals surface area contributed by atoms with Crippen molar-refractivity contribution in [2.24, 2.45) is 0 Å². The number of likely N-dealkylation sites (tertiary alicyclic amines) is 1. The number of benzene rings is 2. The molecular formula is C20H26N2O2. The van der Waals surface area contributed by atoms with Crippen molar-refractivity contribution in [2.45, 2.75) is 31.7 Å². The highest BCUT2D eigenvalue weighted by atomic mass is 16.5. The summed E-state index contributed by atoms with van der Waals surface area (Å²) in [5.74, 6) is 0.973. The highest BCUT2D eigenvalue weighted by molar-refractivity contribution is 5.88. The van der Waals surface area contributed by atoms with Gasteiger partial charge in [-0.05, 0) is 55.3 Å². The van der Waals surface area contributed by atoms with Crippen molar-refractivity contribution in [3.05, 3.63) is 42.0 Å². The number of methoxy groups -OCH3 is 1. The number of amides is 1. The van der Waals surface area contributed by atoms with Crippen LogP contribution in [0.2, 0.25) is 0 Å². The first-order valence-electron chi connectivity index (χ1n) is 8.67. The van der Waals surface area contributed by atoms with Crippen LogP contribution in [0.4, 0.5) is 0 Å². The lowest BCUT2D eigenvalue weighted by atomic mass is 9.96. The molecule has 3 rings (SSSR count). The molecule has 128 valence electrons. The average Bonchev–Trinajstić information content (AvgIpc) is 3.08. The maximum absolute atomic E-state index is 12.9. The Labute approximate surface area is 143 Å². The van der Waals surface area contributed by atoms with Crippen molar-refractivity contribution in [3.8, 4) is 5.75 Å². The Morgan fingerprint density at radius 2 is 2.04 bits per heavy atom. The predicted octanol–water partition coefficient (Wildman–Crippen LogP) is 3.16. The molecule has 1 aliphatic heterocycles. The number of ether oxygens (including phenoxy) is 1. The molecule has 0 spiro atoms. The highest BCUT2D eigenvalue weighted by Gasteiger charge is 2.31. The van der Waals surface area contributed by atoms with Crippen LogP contribution in [0.5, 0.6) is 5.75 Å². The summed E-state index contributed by atoms with van der Waals surface area (Å²) < 4.78 is 5.27. The van der Waals surface area contributed by atoms with Gasteiger partial charge in [0.15, 0.2) is 0 Å². The lowest BCUT2D eigenvalue weighted by Gasteiger charge is -2.27. The van der Waals surface area contributed by atoms with E-state index in [2.05, 4.69) is 34.5 Å². The molecule has 4 nitrogen and oxygen atoms in total. The molecule has 1 aliphatic rings. The molecule has 1 saturated heterocycles. The van der Waals surface area contributed by atoms with Gasteiger partial charge in [-0.2, -0.15) is 0 Å². The number of hydrogen-bond acceptors (Lipinski definition) is 3. The summed E-state index contributed by atoms with van der Waals surface area (Å²) in [7, 11) is 3.62. The maximum Gasteiger partial charge on any atom is 0.230 e. The predicted molar refractivity (Wildman–Crippen MR) is 97.6 cm³/mol. The maximum atomic E-state index is 12.9. The summed E-state index contributed by atoms with van der Waals surface area (Å²) >= 11 is 0. The molecule has 1 N–H and O–H groups in total. The molecule has 1 amide bonds. The standard InChI is InChI=1S/C20H26N2O2/c1-14(20(23)22-10-4-5-18(22)13-21-2)15-6-7-17-12-19(24-3)9-8-16(17)11-15/h6-9,11-12,14,18,21H,4-5,10,13H2,1-3H3. The van der Waals surface area contributed by atoms with Gasteiger partial charge in [0.2, 0.25) is 5.91 Å². The van der Waals surface area contributed by atoms with Crippen LogP contribution in [0.15, 0.2) is 36.4 Å². The molecule has 2 aromatic carbocycles. The van der Waals surface area contributed by atoms with Crippen LogP contribution in [0.1, 0.15) is 31.2 Å². The Morgan fingerprint density at radius 1 is 1.29 bits per heavy atom. The van der Waals surface area contributed by atoms with E-state index in [0.29, 0.717) is 6.04 Å². The van der Waals surface area contributed by atoms with Gasteiger partial charge in [0.25, 0.3) is 0 Å². The monoisotopic (exact) mass is 326 g/mol. The Kier molecular flexibility index (Phi) is 5.05. The van der Waals surface area contributed by atoms with E-state index in [-0.39, 0.29) is 11.8 Å². The van der Waals surface area contributed by atoms with Crippen LogP contribution >= 0.6 is 0 Å². The fourth-order valence-corrected chi connectivity index (χ4v) is 3.60. The summed E-state index contributed by atoms with van der Waals surface area (Å²) in [6.07, 6.45) is 2.19. The summed E-state index contributed by atoms with van der Waals surface area (Å²) in [5.41, 5.74) is 1.08. The normalized spacial score (nSPS) is 18.8. The van der Waals surface area contributed by atoms with Crippen molar-refractivity contribution in [1.29, 1.82) is 0 Å². The SMILES string of the molecule is CNCC1CCCN1C(=O)C(C)c1ccc2cc(OC)ccc2c1. The molecule has 1 fully saturated rings. The van der Waals surface area contributed by atoms with E-state index in [1.165, 1.54) is 0 Å². The van der Waals surface area contributed by atoms with Crippen LogP contribution < -0.4 is 10.1 Å². The lowest BCUT2D eigenvalue weighted by molar-refractivity contribution is -0.133. The number of hydrogen-bond donors (Lipinski definition) is 1. The van der Waals surface area contributed by atoms with E-state index in [4.69, 9.17) is 4.74 Å². The summed E-state index contributed by atoms with van der Waals surface area (Å²) in [6.45, 7) is 3.76. The Morgan fingerprint density at radius 3 is 2.79 bits per heavy atom. The van der Waals surface area contributed by atoms with Crippen molar-refractivity contribution in [1.82, 2.24) is 10.2 Å². The van der Waals surface area contributed by atoms with Crippen LogP contribution in [0, 0.1) is 0 Å². The summed E-state index contributed by atoms with van der Waals surface area (Å²) in [4.78, 5) is 15.0. The second-order valence-corrected chi connectivity index (χ2v) is 6.58. The third kappa shape index (κ3) is 3.24. The quantitative estimate of drug-likeness (QED) is 0.918. The van der Waals surface area contributed by atoms with E-state index < -0.39 is 0 Å². The highest BCUT2D eigenvalue weighted by Crippen LogP contribution is 2.28. The van der Waals surface area contributed by atoms with E-state index in [1.807, 2.05) is 26.1 Å². The average molecular weight is 326 g/mol. The van der Waals surface area contributed by atoms with Crippen molar-refractivity contribution in [3.63, 3.8) is 0 Å². The second-order valence-electron chi connectivity index (χ2n) is 6.58. The molecule has 0 saturated carbocycles. The Bertz CT molecular complexity index is 729. The molecule has 0 radical (unpaired) electrons. The number of fused-ring (bicyclic) bond motifs is 1. The molecule has 0 aliphatic carbocycles. The van der Waals surface area contributed by atoms with Crippen LogP contribution in [-0.2, 0) is 4.79 Å². The zero-order chi connectivity index (χ0) is 17.1. The van der Waals surface area contributed by atoms with Gasteiger partial charge in [0.1, 0.15) is 5.75 Å². The molecule has 0 bridgehead atoms. The molecule has 2 unspecified atom stereocenters. The van der Waals surface area contributed by atoms with Gasteiger partial charge in [0.05, 0.1) is 13.0 Å². The molecule has 0 aromatic heterocycles. The molecule has 2 aromatic rings. The third-order valence-electron chi connectivity index (χ3n) is 5.04. The van der Waals surface area contributed by atoms with Gasteiger partial charge >= 0.3 is 0 Å². The molecule has 24 heavy (non-hydrogen) atoms. The number of likely N-dealkylation sites (N-methyl/N-ethyl adjacent to an activating group) is 1. The van der Waals surface area contributed by atoms with Crippen molar-refractivity contribution in [2.75, 3.05) is 27.2 Å². The zero-order valence-corrected chi connectivity index (χ0v) is 14.7. The first-order chi connectivity index (χ1) is 11.6. The van der Waals surface area contributed by atoms with Crippen molar-refractivity contribution < 1.29 is 9.53 Å². The third-order valence-corrected chi connectivity index (χ3v) is 5.04. The summed E-state index contributed by atoms with van der Waals surface area (Å²) in [6, 6.07) is 12.6. The molecule has 4 heteroatoms. The van der Waals surface area contributed by atoms with Gasteiger partial charge in [-0.3, -0.25) is 4.79 Å². The van der Waals surface area contributed by atoms with Gasteiger partial charge in [-0.15, -0.1) is 0 Å². The minimum absolute atomic E-state index is 0.117. The second kappa shape index (κ2) is 7.22. The van der Waals surface area contributed by atoms with Crippen molar-refractivity contribution >= 4 is 16.7 Å². The first-order valence-corrected chi connectivity index (χ1v) is 8.67. The zero-order valence-electron chi connectivity index (χ0n) is 14.7. The largest absolute Gasteiger partial charge is 0.497 e. The fraction of sp³-hybridized carbons (Fsp3) is 0.450. The van der Waals surface area contributed by atoms with E-state index in [0.717, 1.165) is 48.0 Å². The number of carbonyl (C=O) groups excluding carboxylic acids is 1. The fourth-order valence-electron chi connectivity index (χ4n) is 3.60. The molecule has 2 atom stereocenters. The molecule has 1 heterocycles. The van der Waals surface area contributed by atoms with Gasteiger partial charge in [-0.1, -0.05) is 24.3 Å². The number of carbonyl (C=O) groups is 1. The van der Waals surface area contributed by atoms with Crippen LogP contribution in [0.3, 0.4) is 0 Å². The van der Waals surface area contributed by atoms with Gasteiger partial charge in [-0.25, -0.2) is 0 Å².